The highest BCUT2D eigenvalue weighted by atomic mass is 35.5. The van der Waals surface area contributed by atoms with Gasteiger partial charge in [0.1, 0.15) is 11.5 Å². The number of para-hydroxylation sites is 1. The average Bonchev–Trinajstić information content (AvgIpc) is 2.53. The molecule has 1 N–H and O–H groups in total. The minimum absolute atomic E-state index is 0.0379. The summed E-state index contributed by atoms with van der Waals surface area (Å²) in [6, 6.07) is 12.6. The van der Waals surface area contributed by atoms with E-state index in [2.05, 4.69) is 10.1 Å². The Hall–Kier alpha value is -2.34. The van der Waals surface area contributed by atoms with Gasteiger partial charge in [-0.3, -0.25) is 4.79 Å². The second kappa shape index (κ2) is 8.49. The van der Waals surface area contributed by atoms with Gasteiger partial charge in [-0.15, -0.1) is 0 Å². The van der Waals surface area contributed by atoms with Crippen LogP contribution < -0.4 is 14.8 Å². The van der Waals surface area contributed by atoms with Gasteiger partial charge in [0, 0.05) is 0 Å². The number of hydrogen-bond acceptors (Lipinski definition) is 3. The van der Waals surface area contributed by atoms with Gasteiger partial charge in [0.2, 0.25) is 0 Å². The van der Waals surface area contributed by atoms with Crippen molar-refractivity contribution in [3.8, 4) is 11.5 Å². The number of amides is 1. The molecule has 0 bridgehead atoms. The predicted molar refractivity (Wildman–Crippen MR) is 86.6 cm³/mol. The Kier molecular flexibility index (Phi) is 6.37. The van der Waals surface area contributed by atoms with Gasteiger partial charge < -0.3 is 14.8 Å². The lowest BCUT2D eigenvalue weighted by Crippen LogP contribution is -2.31. The van der Waals surface area contributed by atoms with Crippen molar-refractivity contribution in [3.63, 3.8) is 0 Å². The first-order chi connectivity index (χ1) is 11.5. The molecule has 0 aliphatic rings. The molecule has 0 heterocycles. The molecule has 1 amide bonds. The van der Waals surface area contributed by atoms with E-state index in [0.717, 1.165) is 0 Å². The van der Waals surface area contributed by atoms with E-state index in [0.29, 0.717) is 16.3 Å². The number of rotatable bonds is 7. The molecule has 0 radical (unpaired) electrons. The molecular weight excluding hydrogens is 340 g/mol. The Morgan fingerprint density at radius 2 is 1.96 bits per heavy atom. The molecule has 0 aliphatic carbocycles. The summed E-state index contributed by atoms with van der Waals surface area (Å²) in [5, 5.41) is 3.13. The molecule has 0 spiro atoms. The first kappa shape index (κ1) is 18.0. The maximum absolute atomic E-state index is 12.2. The van der Waals surface area contributed by atoms with Gasteiger partial charge in [-0.25, -0.2) is 0 Å². The second-order valence-corrected chi connectivity index (χ2v) is 5.37. The molecule has 0 aromatic heterocycles. The number of benzene rings is 2. The van der Waals surface area contributed by atoms with Gasteiger partial charge in [-0.1, -0.05) is 35.9 Å². The van der Waals surface area contributed by atoms with E-state index in [4.69, 9.17) is 16.3 Å². The van der Waals surface area contributed by atoms with Gasteiger partial charge >= 0.3 is 6.61 Å². The van der Waals surface area contributed by atoms with Crippen LogP contribution in [0, 0.1) is 0 Å². The molecule has 1 unspecified atom stereocenters. The van der Waals surface area contributed by atoms with E-state index in [1.807, 2.05) is 0 Å². The van der Waals surface area contributed by atoms with Crippen LogP contribution in [-0.4, -0.2) is 19.1 Å². The maximum Gasteiger partial charge on any atom is 0.387 e. The number of carbonyl (C=O) groups excluding carboxylic acids is 1. The number of hydrogen-bond donors (Lipinski definition) is 1. The Labute approximate surface area is 143 Å². The van der Waals surface area contributed by atoms with E-state index in [-0.39, 0.29) is 18.3 Å². The molecule has 0 fully saturated rings. The highest BCUT2D eigenvalue weighted by molar-refractivity contribution is 6.32. The highest BCUT2D eigenvalue weighted by Crippen LogP contribution is 2.23. The van der Waals surface area contributed by atoms with E-state index in [1.54, 1.807) is 43.3 Å². The number of alkyl halides is 2. The quantitative estimate of drug-likeness (QED) is 0.809. The van der Waals surface area contributed by atoms with Gasteiger partial charge in [-0.2, -0.15) is 8.78 Å². The van der Waals surface area contributed by atoms with Gasteiger partial charge in [0.25, 0.3) is 5.91 Å². The third-order valence-corrected chi connectivity index (χ3v) is 3.47. The van der Waals surface area contributed by atoms with E-state index in [1.165, 1.54) is 12.1 Å². The largest absolute Gasteiger partial charge is 0.482 e. The minimum Gasteiger partial charge on any atom is -0.482 e. The molecule has 1 atom stereocenters. The van der Waals surface area contributed by atoms with Crippen LogP contribution in [0.1, 0.15) is 18.5 Å². The lowest BCUT2D eigenvalue weighted by molar-refractivity contribution is -0.123. The molecule has 2 aromatic carbocycles. The van der Waals surface area contributed by atoms with Crippen LogP contribution in [0.15, 0.2) is 48.5 Å². The molecule has 128 valence electrons. The number of ether oxygens (including phenoxy) is 2. The molecular formula is C17H16ClF2NO3. The molecule has 7 heteroatoms. The third kappa shape index (κ3) is 5.38. The van der Waals surface area contributed by atoms with Gasteiger partial charge in [0.05, 0.1) is 11.1 Å². The summed E-state index contributed by atoms with van der Waals surface area (Å²) >= 11 is 5.94. The average molecular weight is 356 g/mol. The summed E-state index contributed by atoms with van der Waals surface area (Å²) in [7, 11) is 0. The van der Waals surface area contributed by atoms with Crippen molar-refractivity contribution in [2.45, 2.75) is 19.6 Å². The zero-order valence-corrected chi connectivity index (χ0v) is 13.6. The Balaban J connectivity index is 1.90. The smallest absolute Gasteiger partial charge is 0.387 e. The summed E-state index contributed by atoms with van der Waals surface area (Å²) in [5.41, 5.74) is 0.638. The fourth-order valence-corrected chi connectivity index (χ4v) is 2.22. The zero-order valence-electron chi connectivity index (χ0n) is 12.8. The van der Waals surface area contributed by atoms with E-state index >= 15 is 0 Å². The summed E-state index contributed by atoms with van der Waals surface area (Å²) in [5.74, 6) is 0.0906. The molecule has 0 aliphatic heterocycles. The van der Waals surface area contributed by atoms with Crippen molar-refractivity contribution in [1.29, 1.82) is 0 Å². The van der Waals surface area contributed by atoms with Crippen LogP contribution in [0.25, 0.3) is 0 Å². The van der Waals surface area contributed by atoms with Crippen LogP contribution in [0.4, 0.5) is 8.78 Å². The van der Waals surface area contributed by atoms with Crippen LogP contribution in [0.3, 0.4) is 0 Å². The number of nitrogens with one attached hydrogen (secondary N) is 1. The first-order valence-electron chi connectivity index (χ1n) is 7.17. The summed E-state index contributed by atoms with van der Waals surface area (Å²) in [6.07, 6.45) is 0. The van der Waals surface area contributed by atoms with Crippen molar-refractivity contribution in [3.05, 3.63) is 59.1 Å². The second-order valence-electron chi connectivity index (χ2n) is 4.96. The monoisotopic (exact) mass is 355 g/mol. The minimum atomic E-state index is -2.89. The summed E-state index contributed by atoms with van der Waals surface area (Å²) < 4.78 is 34.2. The van der Waals surface area contributed by atoms with Crippen LogP contribution in [-0.2, 0) is 4.79 Å². The van der Waals surface area contributed by atoms with Gasteiger partial charge in [-0.05, 0) is 36.8 Å². The number of carbonyl (C=O) groups is 1. The van der Waals surface area contributed by atoms with E-state index in [9.17, 15) is 13.6 Å². The fourth-order valence-electron chi connectivity index (χ4n) is 2.03. The first-order valence-corrected chi connectivity index (χ1v) is 7.55. The Morgan fingerprint density at radius 1 is 1.21 bits per heavy atom. The van der Waals surface area contributed by atoms with Crippen molar-refractivity contribution >= 4 is 17.5 Å². The Bertz CT molecular complexity index is 697. The fraction of sp³-hybridized carbons (Fsp3) is 0.235. The molecule has 0 saturated heterocycles. The van der Waals surface area contributed by atoms with Crippen LogP contribution in [0.2, 0.25) is 5.02 Å². The SMILES string of the molecule is CC(NC(=O)COc1ccccc1Cl)c1cccc(OC(F)F)c1. The zero-order chi connectivity index (χ0) is 17.5. The topological polar surface area (TPSA) is 47.6 Å². The molecule has 24 heavy (non-hydrogen) atoms. The van der Waals surface area contributed by atoms with Crippen molar-refractivity contribution in [2.75, 3.05) is 6.61 Å². The molecule has 4 nitrogen and oxygen atoms in total. The summed E-state index contributed by atoms with van der Waals surface area (Å²) in [6.45, 7) is -1.37. The number of halogens is 3. The van der Waals surface area contributed by atoms with Crippen molar-refractivity contribution in [2.24, 2.45) is 0 Å². The third-order valence-electron chi connectivity index (χ3n) is 3.16. The normalized spacial score (nSPS) is 11.9. The van der Waals surface area contributed by atoms with Gasteiger partial charge in [0.15, 0.2) is 6.61 Å². The standard InChI is InChI=1S/C17H16ClF2NO3/c1-11(12-5-4-6-13(9-12)24-17(19)20)21-16(22)10-23-15-8-3-2-7-14(15)18/h2-9,11,17H,10H2,1H3,(H,21,22). The van der Waals surface area contributed by atoms with E-state index < -0.39 is 12.7 Å². The summed E-state index contributed by atoms with van der Waals surface area (Å²) in [4.78, 5) is 11.9. The van der Waals surface area contributed by atoms with Crippen molar-refractivity contribution in [1.82, 2.24) is 5.32 Å². The lowest BCUT2D eigenvalue weighted by atomic mass is 10.1. The van der Waals surface area contributed by atoms with Crippen molar-refractivity contribution < 1.29 is 23.0 Å². The predicted octanol–water partition coefficient (Wildman–Crippen LogP) is 4.20. The van der Waals surface area contributed by atoms with Crippen LogP contribution >= 0.6 is 11.6 Å². The highest BCUT2D eigenvalue weighted by Gasteiger charge is 2.12. The maximum atomic E-state index is 12.2. The molecule has 2 rings (SSSR count). The lowest BCUT2D eigenvalue weighted by Gasteiger charge is -2.16. The molecule has 0 saturated carbocycles. The Morgan fingerprint density at radius 3 is 2.67 bits per heavy atom. The molecule has 2 aromatic rings. The van der Waals surface area contributed by atoms with Crippen LogP contribution in [0.5, 0.6) is 11.5 Å².